The molecule has 6 heteroatoms. The molecular formula is C15H18N4O2. The molecule has 0 spiro atoms. The van der Waals surface area contributed by atoms with E-state index in [1.54, 1.807) is 17.2 Å². The molecule has 0 aliphatic carbocycles. The number of hydrogen-bond donors (Lipinski definition) is 3. The van der Waals surface area contributed by atoms with Crippen molar-refractivity contribution >= 4 is 28.4 Å². The minimum atomic E-state index is -0.273. The van der Waals surface area contributed by atoms with Gasteiger partial charge in [0.25, 0.3) is 5.91 Å². The second kappa shape index (κ2) is 5.12. The molecule has 2 aromatic rings. The van der Waals surface area contributed by atoms with E-state index in [4.69, 9.17) is 11.5 Å². The standard InChI is InChI=1S/C15H18N4O2/c16-10-1-2-11-12(8-18-13(11)7-10)15(21)19-5-3-9(4-6-19)14(17)20/h1-2,7-9,18H,3-6,16H2,(H2,17,20). The molecule has 5 N–H and O–H groups in total. The molecule has 1 saturated heterocycles. The summed E-state index contributed by atoms with van der Waals surface area (Å²) in [5, 5.41) is 0.867. The Balaban J connectivity index is 1.80. The lowest BCUT2D eigenvalue weighted by Gasteiger charge is -2.30. The zero-order valence-corrected chi connectivity index (χ0v) is 11.6. The van der Waals surface area contributed by atoms with Crippen molar-refractivity contribution in [2.45, 2.75) is 12.8 Å². The normalized spacial score (nSPS) is 16.3. The smallest absolute Gasteiger partial charge is 0.256 e. The van der Waals surface area contributed by atoms with Gasteiger partial charge in [0.15, 0.2) is 0 Å². The number of carbonyl (C=O) groups is 2. The summed E-state index contributed by atoms with van der Waals surface area (Å²) in [6.07, 6.45) is 2.99. The van der Waals surface area contributed by atoms with Gasteiger partial charge in [-0.2, -0.15) is 0 Å². The van der Waals surface area contributed by atoms with Crippen molar-refractivity contribution in [3.8, 4) is 0 Å². The fourth-order valence-corrected chi connectivity index (χ4v) is 2.86. The Kier molecular flexibility index (Phi) is 3.29. The minimum Gasteiger partial charge on any atom is -0.399 e. The fourth-order valence-electron chi connectivity index (χ4n) is 2.86. The van der Waals surface area contributed by atoms with Gasteiger partial charge >= 0.3 is 0 Å². The van der Waals surface area contributed by atoms with Gasteiger partial charge in [-0.1, -0.05) is 0 Å². The number of carbonyl (C=O) groups excluding carboxylic acids is 2. The molecule has 0 saturated carbocycles. The number of nitrogens with one attached hydrogen (secondary N) is 1. The lowest BCUT2D eigenvalue weighted by molar-refractivity contribution is -0.123. The highest BCUT2D eigenvalue weighted by atomic mass is 16.2. The maximum atomic E-state index is 12.6. The summed E-state index contributed by atoms with van der Waals surface area (Å²) < 4.78 is 0. The van der Waals surface area contributed by atoms with Crippen LogP contribution >= 0.6 is 0 Å². The van der Waals surface area contributed by atoms with Gasteiger partial charge in [-0.05, 0) is 31.0 Å². The number of hydrogen-bond acceptors (Lipinski definition) is 3. The number of aromatic amines is 1. The SMILES string of the molecule is NC(=O)C1CCN(C(=O)c2c[nH]c3cc(N)ccc23)CC1. The summed E-state index contributed by atoms with van der Waals surface area (Å²) in [6, 6.07) is 5.45. The summed E-state index contributed by atoms with van der Waals surface area (Å²) in [6.45, 7) is 1.13. The first-order chi connectivity index (χ1) is 10.1. The molecule has 6 nitrogen and oxygen atoms in total. The molecule has 0 radical (unpaired) electrons. The topological polar surface area (TPSA) is 105 Å². The van der Waals surface area contributed by atoms with E-state index >= 15 is 0 Å². The highest BCUT2D eigenvalue weighted by Gasteiger charge is 2.27. The van der Waals surface area contributed by atoms with E-state index in [-0.39, 0.29) is 17.7 Å². The summed E-state index contributed by atoms with van der Waals surface area (Å²) in [5.74, 6) is -0.407. The Morgan fingerprint density at radius 3 is 2.62 bits per heavy atom. The van der Waals surface area contributed by atoms with Crippen molar-refractivity contribution < 1.29 is 9.59 Å². The van der Waals surface area contributed by atoms with Crippen molar-refractivity contribution in [3.63, 3.8) is 0 Å². The number of anilines is 1. The quantitative estimate of drug-likeness (QED) is 0.719. The molecule has 2 amide bonds. The van der Waals surface area contributed by atoms with Crippen LogP contribution in [-0.2, 0) is 4.79 Å². The first kappa shape index (κ1) is 13.5. The number of amides is 2. The number of rotatable bonds is 2. The second-order valence-electron chi connectivity index (χ2n) is 5.48. The number of nitrogen functional groups attached to an aromatic ring is 1. The zero-order chi connectivity index (χ0) is 15.0. The molecule has 3 rings (SSSR count). The molecule has 21 heavy (non-hydrogen) atoms. The largest absolute Gasteiger partial charge is 0.399 e. The van der Waals surface area contributed by atoms with Gasteiger partial charge in [0.1, 0.15) is 0 Å². The van der Waals surface area contributed by atoms with Crippen LogP contribution in [0.2, 0.25) is 0 Å². The van der Waals surface area contributed by atoms with Gasteiger partial charge in [0.2, 0.25) is 5.91 Å². The van der Waals surface area contributed by atoms with E-state index in [1.807, 2.05) is 12.1 Å². The van der Waals surface area contributed by atoms with Crippen molar-refractivity contribution in [2.24, 2.45) is 11.7 Å². The highest BCUT2D eigenvalue weighted by Crippen LogP contribution is 2.24. The number of nitrogens with two attached hydrogens (primary N) is 2. The average Bonchev–Trinajstić information content (AvgIpc) is 2.89. The van der Waals surface area contributed by atoms with E-state index in [9.17, 15) is 9.59 Å². The maximum absolute atomic E-state index is 12.6. The van der Waals surface area contributed by atoms with E-state index in [0.29, 0.717) is 37.2 Å². The Morgan fingerprint density at radius 1 is 1.24 bits per heavy atom. The third-order valence-corrected chi connectivity index (χ3v) is 4.12. The second-order valence-corrected chi connectivity index (χ2v) is 5.48. The van der Waals surface area contributed by atoms with Crippen LogP contribution in [0.1, 0.15) is 23.2 Å². The summed E-state index contributed by atoms with van der Waals surface area (Å²) in [5.41, 5.74) is 13.2. The molecule has 1 aliphatic rings. The van der Waals surface area contributed by atoms with E-state index in [0.717, 1.165) is 10.9 Å². The third-order valence-electron chi connectivity index (χ3n) is 4.12. The van der Waals surface area contributed by atoms with Crippen LogP contribution in [0.15, 0.2) is 24.4 Å². The van der Waals surface area contributed by atoms with Crippen LogP contribution in [0.25, 0.3) is 10.9 Å². The van der Waals surface area contributed by atoms with Crippen LogP contribution in [-0.4, -0.2) is 34.8 Å². The number of fused-ring (bicyclic) bond motifs is 1. The van der Waals surface area contributed by atoms with Gasteiger partial charge < -0.3 is 21.4 Å². The lowest BCUT2D eigenvalue weighted by Crippen LogP contribution is -2.41. The van der Waals surface area contributed by atoms with Crippen molar-refractivity contribution in [1.29, 1.82) is 0 Å². The third kappa shape index (κ3) is 2.44. The van der Waals surface area contributed by atoms with Gasteiger partial charge in [-0.25, -0.2) is 0 Å². The Bertz CT molecular complexity index is 699. The van der Waals surface area contributed by atoms with Crippen LogP contribution in [0.4, 0.5) is 5.69 Å². The number of H-pyrrole nitrogens is 1. The Labute approximate surface area is 122 Å². The minimum absolute atomic E-state index is 0.0195. The monoisotopic (exact) mass is 286 g/mol. The van der Waals surface area contributed by atoms with Crippen LogP contribution in [0.3, 0.4) is 0 Å². The number of piperidine rings is 1. The number of primary amides is 1. The molecule has 110 valence electrons. The van der Waals surface area contributed by atoms with Crippen molar-refractivity contribution in [1.82, 2.24) is 9.88 Å². The van der Waals surface area contributed by atoms with Gasteiger partial charge in [-0.3, -0.25) is 9.59 Å². The molecule has 0 bridgehead atoms. The average molecular weight is 286 g/mol. The summed E-state index contributed by atoms with van der Waals surface area (Å²) in [4.78, 5) is 28.6. The van der Waals surface area contributed by atoms with Gasteiger partial charge in [0.05, 0.1) is 5.56 Å². The van der Waals surface area contributed by atoms with Crippen LogP contribution in [0, 0.1) is 5.92 Å². The molecule has 2 heterocycles. The molecule has 1 aromatic carbocycles. The highest BCUT2D eigenvalue weighted by molar-refractivity contribution is 6.07. The first-order valence-corrected chi connectivity index (χ1v) is 7.01. The van der Waals surface area contributed by atoms with Crippen LogP contribution in [0.5, 0.6) is 0 Å². The van der Waals surface area contributed by atoms with Gasteiger partial charge in [-0.15, -0.1) is 0 Å². The number of nitrogens with zero attached hydrogens (tertiary/aromatic N) is 1. The lowest BCUT2D eigenvalue weighted by atomic mass is 9.96. The predicted octanol–water partition coefficient (Wildman–Crippen LogP) is 1.09. The van der Waals surface area contributed by atoms with E-state index in [2.05, 4.69) is 4.98 Å². The summed E-state index contributed by atoms with van der Waals surface area (Å²) >= 11 is 0. The molecule has 1 fully saturated rings. The molecule has 0 unspecified atom stereocenters. The molecule has 1 aliphatic heterocycles. The van der Waals surface area contributed by atoms with E-state index < -0.39 is 0 Å². The Morgan fingerprint density at radius 2 is 1.95 bits per heavy atom. The number of aromatic nitrogens is 1. The predicted molar refractivity (Wildman–Crippen MR) is 80.5 cm³/mol. The maximum Gasteiger partial charge on any atom is 0.256 e. The van der Waals surface area contributed by atoms with E-state index in [1.165, 1.54) is 0 Å². The zero-order valence-electron chi connectivity index (χ0n) is 11.6. The molecule has 0 atom stereocenters. The molecule has 1 aromatic heterocycles. The molecular weight excluding hydrogens is 268 g/mol. The Hall–Kier alpha value is -2.50. The van der Waals surface area contributed by atoms with Crippen molar-refractivity contribution in [3.05, 3.63) is 30.0 Å². The number of likely N-dealkylation sites (tertiary alicyclic amines) is 1. The first-order valence-electron chi connectivity index (χ1n) is 7.01. The van der Waals surface area contributed by atoms with Gasteiger partial charge in [0, 0.05) is 41.8 Å². The van der Waals surface area contributed by atoms with Crippen LogP contribution < -0.4 is 11.5 Å². The number of benzene rings is 1. The van der Waals surface area contributed by atoms with Crippen molar-refractivity contribution in [2.75, 3.05) is 18.8 Å². The summed E-state index contributed by atoms with van der Waals surface area (Å²) in [7, 11) is 0. The fraction of sp³-hybridized carbons (Fsp3) is 0.333.